The molecule has 19 heavy (non-hydrogen) atoms. The molecule has 0 heterocycles. The SMILES string of the molecule is CCC(OC)C(=O)N[C@H](Cc1ccccc1)C(=O)O. The summed E-state index contributed by atoms with van der Waals surface area (Å²) in [4.78, 5) is 23.0. The number of methoxy groups -OCH3 is 1. The number of carboxylic acids is 1. The number of carbonyl (C=O) groups is 2. The number of amides is 1. The molecule has 0 spiro atoms. The van der Waals surface area contributed by atoms with E-state index in [2.05, 4.69) is 5.32 Å². The Hall–Kier alpha value is -1.88. The van der Waals surface area contributed by atoms with Gasteiger partial charge in [-0.25, -0.2) is 4.79 Å². The second-order valence-corrected chi connectivity index (χ2v) is 4.22. The highest BCUT2D eigenvalue weighted by Gasteiger charge is 2.24. The average molecular weight is 265 g/mol. The van der Waals surface area contributed by atoms with Gasteiger partial charge in [0.15, 0.2) is 0 Å². The third kappa shape index (κ3) is 4.71. The summed E-state index contributed by atoms with van der Waals surface area (Å²) in [6.07, 6.45) is 0.139. The van der Waals surface area contributed by atoms with Gasteiger partial charge in [-0.3, -0.25) is 4.79 Å². The zero-order valence-corrected chi connectivity index (χ0v) is 11.1. The molecule has 104 valence electrons. The second kappa shape index (κ2) is 7.53. The van der Waals surface area contributed by atoms with Gasteiger partial charge >= 0.3 is 5.97 Å². The van der Waals surface area contributed by atoms with E-state index in [1.54, 1.807) is 6.92 Å². The first-order valence-electron chi connectivity index (χ1n) is 6.18. The topological polar surface area (TPSA) is 75.6 Å². The zero-order chi connectivity index (χ0) is 14.3. The van der Waals surface area contributed by atoms with Gasteiger partial charge in [0.25, 0.3) is 0 Å². The van der Waals surface area contributed by atoms with Crippen molar-refractivity contribution in [3.8, 4) is 0 Å². The highest BCUT2D eigenvalue weighted by molar-refractivity contribution is 5.86. The number of nitrogens with one attached hydrogen (secondary N) is 1. The van der Waals surface area contributed by atoms with Gasteiger partial charge in [0.2, 0.25) is 5.91 Å². The number of rotatable bonds is 7. The summed E-state index contributed by atoms with van der Waals surface area (Å²) in [7, 11) is 1.43. The molecule has 5 heteroatoms. The minimum atomic E-state index is -1.05. The monoisotopic (exact) mass is 265 g/mol. The highest BCUT2D eigenvalue weighted by atomic mass is 16.5. The van der Waals surface area contributed by atoms with Crippen LogP contribution in [0.5, 0.6) is 0 Å². The number of ether oxygens (including phenoxy) is 1. The third-order valence-corrected chi connectivity index (χ3v) is 2.84. The van der Waals surface area contributed by atoms with Crippen molar-refractivity contribution in [2.45, 2.75) is 31.9 Å². The summed E-state index contributed by atoms with van der Waals surface area (Å²) in [5.41, 5.74) is 0.862. The van der Waals surface area contributed by atoms with E-state index in [9.17, 15) is 9.59 Å². The van der Waals surface area contributed by atoms with E-state index < -0.39 is 24.0 Å². The molecular weight excluding hydrogens is 246 g/mol. The Bertz CT molecular complexity index is 415. The molecule has 0 aliphatic heterocycles. The highest BCUT2D eigenvalue weighted by Crippen LogP contribution is 2.05. The predicted molar refractivity (Wildman–Crippen MR) is 70.8 cm³/mol. The van der Waals surface area contributed by atoms with Crippen LogP contribution >= 0.6 is 0 Å². The van der Waals surface area contributed by atoms with Gasteiger partial charge in [0, 0.05) is 13.5 Å². The molecule has 0 fully saturated rings. The molecule has 1 aromatic carbocycles. The Kier molecular flexibility index (Phi) is 6.02. The second-order valence-electron chi connectivity index (χ2n) is 4.22. The zero-order valence-electron chi connectivity index (χ0n) is 11.1. The van der Waals surface area contributed by atoms with Crippen molar-refractivity contribution in [1.29, 1.82) is 0 Å². The van der Waals surface area contributed by atoms with E-state index in [1.165, 1.54) is 7.11 Å². The third-order valence-electron chi connectivity index (χ3n) is 2.84. The van der Waals surface area contributed by atoms with E-state index >= 15 is 0 Å². The van der Waals surface area contributed by atoms with Gasteiger partial charge in [-0.1, -0.05) is 37.3 Å². The van der Waals surface area contributed by atoms with Crippen molar-refractivity contribution in [3.05, 3.63) is 35.9 Å². The molecule has 0 bridgehead atoms. The molecule has 5 nitrogen and oxygen atoms in total. The Balaban J connectivity index is 2.69. The van der Waals surface area contributed by atoms with E-state index in [0.29, 0.717) is 6.42 Å². The first-order valence-corrected chi connectivity index (χ1v) is 6.18. The molecule has 2 N–H and O–H groups in total. The van der Waals surface area contributed by atoms with Gasteiger partial charge < -0.3 is 15.2 Å². The maximum atomic E-state index is 11.8. The van der Waals surface area contributed by atoms with Crippen molar-refractivity contribution in [2.24, 2.45) is 0 Å². The lowest BCUT2D eigenvalue weighted by atomic mass is 10.1. The number of carboxylic acid groups (broad SMARTS) is 1. The quantitative estimate of drug-likeness (QED) is 0.777. The Morgan fingerprint density at radius 2 is 1.95 bits per heavy atom. The normalized spacial score (nSPS) is 13.6. The van der Waals surface area contributed by atoms with Crippen molar-refractivity contribution < 1.29 is 19.4 Å². The Morgan fingerprint density at radius 1 is 1.32 bits per heavy atom. The van der Waals surface area contributed by atoms with E-state index in [1.807, 2.05) is 30.3 Å². The fraction of sp³-hybridized carbons (Fsp3) is 0.429. The molecule has 0 aliphatic rings. The molecule has 1 rings (SSSR count). The number of benzene rings is 1. The fourth-order valence-corrected chi connectivity index (χ4v) is 1.77. The van der Waals surface area contributed by atoms with E-state index in [4.69, 9.17) is 9.84 Å². The number of aliphatic carboxylic acids is 1. The minimum Gasteiger partial charge on any atom is -0.480 e. The van der Waals surface area contributed by atoms with Gasteiger partial charge in [-0.15, -0.1) is 0 Å². The van der Waals surface area contributed by atoms with Crippen molar-refractivity contribution in [2.75, 3.05) is 7.11 Å². The summed E-state index contributed by atoms with van der Waals surface area (Å²) in [5, 5.41) is 11.7. The first-order chi connectivity index (χ1) is 9.08. The number of carbonyl (C=O) groups excluding carboxylic acids is 1. The fourth-order valence-electron chi connectivity index (χ4n) is 1.77. The molecule has 1 aromatic rings. The number of hydrogen-bond acceptors (Lipinski definition) is 3. The van der Waals surface area contributed by atoms with Crippen LogP contribution in [0.1, 0.15) is 18.9 Å². The molecule has 1 unspecified atom stereocenters. The van der Waals surface area contributed by atoms with Crippen molar-refractivity contribution in [3.63, 3.8) is 0 Å². The molecule has 0 saturated heterocycles. The van der Waals surface area contributed by atoms with Crippen LogP contribution < -0.4 is 5.32 Å². The van der Waals surface area contributed by atoms with Crippen LogP contribution in [0, 0.1) is 0 Å². The summed E-state index contributed by atoms with van der Waals surface area (Å²) < 4.78 is 4.99. The lowest BCUT2D eigenvalue weighted by molar-refractivity contribution is -0.143. The van der Waals surface area contributed by atoms with Crippen LogP contribution in [0.2, 0.25) is 0 Å². The standard InChI is InChI=1S/C14H19NO4/c1-3-12(19-2)13(16)15-11(14(17)18)9-10-7-5-4-6-8-10/h4-8,11-12H,3,9H2,1-2H3,(H,15,16)(H,17,18)/t11-,12?/m1/s1. The Morgan fingerprint density at radius 3 is 2.42 bits per heavy atom. The summed E-state index contributed by atoms with van der Waals surface area (Å²) in [5.74, 6) is -1.45. The molecule has 1 amide bonds. The average Bonchev–Trinajstić information content (AvgIpc) is 2.40. The maximum Gasteiger partial charge on any atom is 0.326 e. The van der Waals surface area contributed by atoms with Crippen LogP contribution in [0.25, 0.3) is 0 Å². The molecule has 0 aliphatic carbocycles. The van der Waals surface area contributed by atoms with Crippen LogP contribution in [-0.2, 0) is 20.7 Å². The summed E-state index contributed by atoms with van der Waals surface area (Å²) in [6.45, 7) is 1.81. The van der Waals surface area contributed by atoms with Crippen LogP contribution in [0.15, 0.2) is 30.3 Å². The summed E-state index contributed by atoms with van der Waals surface area (Å²) in [6, 6.07) is 8.24. The molecule has 0 aromatic heterocycles. The molecule has 0 saturated carbocycles. The van der Waals surface area contributed by atoms with Crippen LogP contribution in [-0.4, -0.2) is 36.2 Å². The first kappa shape index (κ1) is 15.2. The molecule has 2 atom stereocenters. The van der Waals surface area contributed by atoms with Gasteiger partial charge in [-0.2, -0.15) is 0 Å². The van der Waals surface area contributed by atoms with Crippen LogP contribution in [0.3, 0.4) is 0 Å². The van der Waals surface area contributed by atoms with E-state index in [-0.39, 0.29) is 6.42 Å². The summed E-state index contributed by atoms with van der Waals surface area (Å²) >= 11 is 0. The van der Waals surface area contributed by atoms with Gasteiger partial charge in [0.1, 0.15) is 12.1 Å². The van der Waals surface area contributed by atoms with Crippen molar-refractivity contribution in [1.82, 2.24) is 5.32 Å². The molecule has 0 radical (unpaired) electrons. The van der Waals surface area contributed by atoms with Gasteiger partial charge in [-0.05, 0) is 12.0 Å². The predicted octanol–water partition coefficient (Wildman–Crippen LogP) is 1.22. The Labute approximate surface area is 112 Å². The lowest BCUT2D eigenvalue weighted by Gasteiger charge is -2.18. The van der Waals surface area contributed by atoms with Gasteiger partial charge in [0.05, 0.1) is 0 Å². The van der Waals surface area contributed by atoms with E-state index in [0.717, 1.165) is 5.56 Å². The molecular formula is C14H19NO4. The largest absolute Gasteiger partial charge is 0.480 e. The van der Waals surface area contributed by atoms with Crippen molar-refractivity contribution >= 4 is 11.9 Å². The van der Waals surface area contributed by atoms with Crippen LogP contribution in [0.4, 0.5) is 0 Å². The smallest absolute Gasteiger partial charge is 0.326 e. The number of hydrogen-bond donors (Lipinski definition) is 2. The minimum absolute atomic E-state index is 0.252. The lowest BCUT2D eigenvalue weighted by Crippen LogP contribution is -2.47. The maximum absolute atomic E-state index is 11.8.